The monoisotopic (exact) mass is 686 g/mol. The maximum absolute atomic E-state index is 14.7. The summed E-state index contributed by atoms with van der Waals surface area (Å²) in [4.78, 5) is 17.5. The lowest BCUT2D eigenvalue weighted by atomic mass is 9.71. The molecule has 9 rings (SSSR count). The molecule has 13 heteroatoms. The molecule has 7 heterocycles. The van der Waals surface area contributed by atoms with Crippen LogP contribution >= 0.6 is 11.6 Å². The highest BCUT2D eigenvalue weighted by Gasteiger charge is 2.50. The fraction of sp³-hybridized carbons (Fsp3) is 0.583. The third-order valence-electron chi connectivity index (χ3n) is 12.2. The average molecular weight is 687 g/mol. The first-order valence-electron chi connectivity index (χ1n) is 17.8. The Morgan fingerprint density at radius 1 is 1.02 bits per heavy atom. The molecular weight excluding hydrogens is 643 g/mol. The summed E-state index contributed by atoms with van der Waals surface area (Å²) in [5, 5.41) is 14.1. The van der Waals surface area contributed by atoms with Crippen molar-refractivity contribution < 1.29 is 9.13 Å². The molecule has 1 spiro atoms. The van der Waals surface area contributed by atoms with Crippen LogP contribution in [0.15, 0.2) is 24.3 Å². The molecule has 11 nitrogen and oxygen atoms in total. The van der Waals surface area contributed by atoms with E-state index in [1.54, 1.807) is 0 Å². The summed E-state index contributed by atoms with van der Waals surface area (Å²) >= 11 is 7.12. The van der Waals surface area contributed by atoms with Crippen LogP contribution in [0.4, 0.5) is 10.2 Å². The van der Waals surface area contributed by atoms with E-state index < -0.39 is 6.17 Å². The lowest BCUT2D eigenvalue weighted by Crippen LogP contribution is -2.51. The summed E-state index contributed by atoms with van der Waals surface area (Å²) < 4.78 is 25.2. The second kappa shape index (κ2) is 11.7. The van der Waals surface area contributed by atoms with Crippen molar-refractivity contribution in [1.29, 1.82) is 0 Å². The Morgan fingerprint density at radius 3 is 2.76 bits per heavy atom. The Hall–Kier alpha value is -3.61. The maximum atomic E-state index is 14.7. The van der Waals surface area contributed by atoms with E-state index in [9.17, 15) is 4.39 Å². The molecule has 2 saturated heterocycles. The fourth-order valence-electron chi connectivity index (χ4n) is 9.47. The molecule has 3 aromatic heterocycles. The number of likely N-dealkylation sites (N-methyl/N-ethyl adjacent to an activating group) is 1. The fourth-order valence-corrected chi connectivity index (χ4v) is 9.75. The number of fused-ring (bicyclic) bond motifs is 5. The number of halogens is 2. The van der Waals surface area contributed by atoms with Crippen LogP contribution < -0.4 is 9.64 Å². The van der Waals surface area contributed by atoms with Crippen LogP contribution in [0, 0.1) is 6.92 Å². The summed E-state index contributed by atoms with van der Waals surface area (Å²) in [7, 11) is 4.19. The van der Waals surface area contributed by atoms with Gasteiger partial charge >= 0.3 is 6.01 Å². The highest BCUT2D eigenvalue weighted by atomic mass is 35.5. The van der Waals surface area contributed by atoms with Gasteiger partial charge in [-0.05, 0) is 70.2 Å². The van der Waals surface area contributed by atoms with Gasteiger partial charge in [-0.2, -0.15) is 15.1 Å². The molecule has 0 N–H and O–H groups in total. The lowest BCUT2D eigenvalue weighted by molar-refractivity contribution is 0.0714. The van der Waals surface area contributed by atoms with Crippen molar-refractivity contribution >= 4 is 17.4 Å². The molecule has 4 aliphatic heterocycles. The minimum absolute atomic E-state index is 0.136. The highest BCUT2D eigenvalue weighted by Crippen LogP contribution is 2.48. The number of hydrogen-bond acceptors (Lipinski definition) is 9. The van der Waals surface area contributed by atoms with Crippen LogP contribution in [0.2, 0.25) is 5.02 Å². The van der Waals surface area contributed by atoms with Gasteiger partial charge in [0.05, 0.1) is 34.0 Å². The molecule has 1 unspecified atom stereocenters. The highest BCUT2D eigenvalue weighted by molar-refractivity contribution is 6.33. The van der Waals surface area contributed by atoms with Gasteiger partial charge in [0, 0.05) is 51.6 Å². The normalized spacial score (nSPS) is 26.8. The smallest absolute Gasteiger partial charge is 0.318 e. The van der Waals surface area contributed by atoms with Crippen molar-refractivity contribution in [1.82, 2.24) is 44.3 Å². The standard InChI is InChI=1S/C36H44ClFN10O/c1-23-41-42-33(45(23)3)31-30(37)29-21-46(14-8-16-48(29)43-31)32-26-20-44(2)36(13-6-10-24-9-4-5-11-27(24)36)18-28(26)39-34(40-32)49-22-35-12-7-15-47(35)19-25(38)17-35/h4-5,9,11,25H,6-8,10,12-22H2,1-3H3/t25?,35-,36-/m0/s1. The van der Waals surface area contributed by atoms with Gasteiger partial charge in [-0.15, -0.1) is 10.2 Å². The Balaban J connectivity index is 1.11. The van der Waals surface area contributed by atoms with Gasteiger partial charge in [-0.1, -0.05) is 35.9 Å². The first kappa shape index (κ1) is 31.4. The molecule has 0 radical (unpaired) electrons. The van der Waals surface area contributed by atoms with Gasteiger partial charge in [0.15, 0.2) is 5.82 Å². The summed E-state index contributed by atoms with van der Waals surface area (Å²) in [5.74, 6) is 2.36. The first-order valence-corrected chi connectivity index (χ1v) is 18.2. The topological polar surface area (TPSA) is 93.3 Å². The predicted octanol–water partition coefficient (Wildman–Crippen LogP) is 5.02. The molecule has 5 aliphatic rings. The van der Waals surface area contributed by atoms with Crippen molar-refractivity contribution in [2.45, 2.75) is 95.2 Å². The minimum Gasteiger partial charge on any atom is -0.461 e. The molecule has 2 fully saturated rings. The molecule has 1 aromatic carbocycles. The van der Waals surface area contributed by atoms with E-state index in [2.05, 4.69) is 56.2 Å². The number of nitrogens with zero attached hydrogens (tertiary/aromatic N) is 10. The van der Waals surface area contributed by atoms with Gasteiger partial charge < -0.3 is 14.2 Å². The molecule has 0 amide bonds. The molecule has 0 bridgehead atoms. The summed E-state index contributed by atoms with van der Waals surface area (Å²) in [5.41, 5.74) is 6.20. The first-order chi connectivity index (χ1) is 23.7. The number of rotatable bonds is 5. The van der Waals surface area contributed by atoms with Crippen molar-refractivity contribution in [2.24, 2.45) is 7.05 Å². The number of hydrogen-bond donors (Lipinski definition) is 0. The van der Waals surface area contributed by atoms with Crippen LogP contribution in [-0.4, -0.2) is 89.3 Å². The number of ether oxygens (including phenoxy) is 1. The van der Waals surface area contributed by atoms with Crippen LogP contribution in [0.1, 0.15) is 72.4 Å². The van der Waals surface area contributed by atoms with Crippen molar-refractivity contribution in [3.63, 3.8) is 0 Å². The third-order valence-corrected chi connectivity index (χ3v) is 12.6. The quantitative estimate of drug-likeness (QED) is 0.287. The van der Waals surface area contributed by atoms with Crippen LogP contribution in [0.5, 0.6) is 6.01 Å². The van der Waals surface area contributed by atoms with E-state index in [0.717, 1.165) is 99.7 Å². The second-order valence-electron chi connectivity index (χ2n) is 14.9. The maximum Gasteiger partial charge on any atom is 0.318 e. The molecule has 258 valence electrons. The third kappa shape index (κ3) is 4.99. The zero-order valence-corrected chi connectivity index (χ0v) is 29.4. The van der Waals surface area contributed by atoms with Crippen LogP contribution in [0.25, 0.3) is 11.5 Å². The molecule has 1 aliphatic carbocycles. The van der Waals surface area contributed by atoms with E-state index in [-0.39, 0.29) is 11.1 Å². The zero-order chi connectivity index (χ0) is 33.5. The number of benzene rings is 1. The van der Waals surface area contributed by atoms with Crippen LogP contribution in [0.3, 0.4) is 0 Å². The Labute approximate surface area is 291 Å². The number of alkyl halides is 1. The second-order valence-corrected chi connectivity index (χ2v) is 15.3. The lowest BCUT2D eigenvalue weighted by Gasteiger charge is -2.49. The van der Waals surface area contributed by atoms with E-state index in [4.69, 9.17) is 31.4 Å². The molecule has 0 saturated carbocycles. The summed E-state index contributed by atoms with van der Waals surface area (Å²) in [6.07, 6.45) is 6.70. The number of aromatic nitrogens is 7. The predicted molar refractivity (Wildman–Crippen MR) is 184 cm³/mol. The van der Waals surface area contributed by atoms with E-state index in [1.807, 2.05) is 23.2 Å². The molecule has 49 heavy (non-hydrogen) atoms. The van der Waals surface area contributed by atoms with Crippen molar-refractivity contribution in [2.75, 3.05) is 38.2 Å². The van der Waals surface area contributed by atoms with E-state index in [1.165, 1.54) is 11.1 Å². The zero-order valence-electron chi connectivity index (χ0n) is 28.6. The molecule has 4 aromatic rings. The Kier molecular flexibility index (Phi) is 7.51. The number of aryl methyl sites for hydroxylation is 3. The average Bonchev–Trinajstić information content (AvgIpc) is 3.77. The molecular formula is C36H44ClFN10O. The van der Waals surface area contributed by atoms with Crippen LogP contribution in [-0.2, 0) is 45.1 Å². The van der Waals surface area contributed by atoms with E-state index in [0.29, 0.717) is 48.7 Å². The van der Waals surface area contributed by atoms with Gasteiger partial charge in [0.2, 0.25) is 0 Å². The Morgan fingerprint density at radius 2 is 1.90 bits per heavy atom. The van der Waals surface area contributed by atoms with Crippen molar-refractivity contribution in [3.05, 3.63) is 63.2 Å². The number of anilines is 1. The van der Waals surface area contributed by atoms with Gasteiger partial charge in [-0.3, -0.25) is 14.5 Å². The molecule has 3 atom stereocenters. The minimum atomic E-state index is -0.812. The SMILES string of the molecule is Cc1nnc(-c2nn3c(c2Cl)CN(c2nc(OC[C@@]45CCCN4CC(F)C5)nc4c2CN(C)[C@@]2(CCCc5ccccc52)C4)CCC3)n1C. The summed E-state index contributed by atoms with van der Waals surface area (Å²) in [6.45, 7) is 6.54. The Bertz CT molecular complexity index is 1930. The van der Waals surface area contributed by atoms with Gasteiger partial charge in [0.25, 0.3) is 0 Å². The van der Waals surface area contributed by atoms with Crippen molar-refractivity contribution in [3.8, 4) is 17.5 Å². The van der Waals surface area contributed by atoms with Gasteiger partial charge in [-0.25, -0.2) is 4.39 Å². The van der Waals surface area contributed by atoms with Gasteiger partial charge in [0.1, 0.15) is 30.1 Å². The summed E-state index contributed by atoms with van der Waals surface area (Å²) in [6, 6.07) is 9.31. The largest absolute Gasteiger partial charge is 0.461 e. The van der Waals surface area contributed by atoms with E-state index >= 15 is 0 Å².